The van der Waals surface area contributed by atoms with Gasteiger partial charge in [0, 0.05) is 17.4 Å². The van der Waals surface area contributed by atoms with Gasteiger partial charge in [0.25, 0.3) is 11.5 Å². The molecule has 0 aliphatic rings. The number of carbonyl (C=O) groups excluding carboxylic acids is 1. The van der Waals surface area contributed by atoms with Crippen molar-refractivity contribution in [2.45, 2.75) is 13.0 Å². The molecule has 0 spiro atoms. The number of methoxy groups -OCH3 is 1. The van der Waals surface area contributed by atoms with Gasteiger partial charge in [0.15, 0.2) is 0 Å². The number of fused-ring (bicyclic) bond motifs is 1. The summed E-state index contributed by atoms with van der Waals surface area (Å²) in [5.41, 5.74) is 4.64. The zero-order valence-corrected chi connectivity index (χ0v) is 17.6. The van der Waals surface area contributed by atoms with E-state index in [1.807, 2.05) is 72.8 Å². The van der Waals surface area contributed by atoms with Crippen LogP contribution in [-0.4, -0.2) is 28.7 Å². The summed E-state index contributed by atoms with van der Waals surface area (Å²) in [4.78, 5) is 25.5. The van der Waals surface area contributed by atoms with Crippen LogP contribution in [0.25, 0.3) is 10.8 Å². The molecule has 3 aromatic carbocycles. The highest BCUT2D eigenvalue weighted by molar-refractivity contribution is 5.94. The van der Waals surface area contributed by atoms with Crippen molar-refractivity contribution in [1.29, 1.82) is 0 Å². The number of carbonyl (C=O) groups is 1. The van der Waals surface area contributed by atoms with Crippen LogP contribution in [0.2, 0.25) is 0 Å². The minimum absolute atomic E-state index is 0.263. The topological polar surface area (TPSA) is 85.6 Å². The lowest BCUT2D eigenvalue weighted by Gasteiger charge is -2.11. The summed E-state index contributed by atoms with van der Waals surface area (Å²) in [5.74, 6) is -0.214. The molecule has 7 heteroatoms. The number of nitrogens with one attached hydrogen (secondary N) is 1. The predicted molar refractivity (Wildman–Crippen MR) is 123 cm³/mol. The molecule has 4 rings (SSSR count). The van der Waals surface area contributed by atoms with Gasteiger partial charge in [0.2, 0.25) is 5.90 Å². The van der Waals surface area contributed by atoms with E-state index in [0.717, 1.165) is 22.2 Å². The van der Waals surface area contributed by atoms with Gasteiger partial charge in [-0.3, -0.25) is 9.59 Å². The molecule has 0 atom stereocenters. The maximum atomic E-state index is 12.9. The van der Waals surface area contributed by atoms with Gasteiger partial charge in [0.05, 0.1) is 18.2 Å². The van der Waals surface area contributed by atoms with Crippen molar-refractivity contribution in [1.82, 2.24) is 15.2 Å². The SMILES string of the molecule is CO/C(=N/NC(=O)Cn1nc(Cc2ccccc2)c2ccccc2c1=O)c1ccccc1. The van der Waals surface area contributed by atoms with Crippen LogP contribution >= 0.6 is 0 Å². The minimum Gasteiger partial charge on any atom is -0.480 e. The molecule has 7 nitrogen and oxygen atoms in total. The molecule has 160 valence electrons. The lowest BCUT2D eigenvalue weighted by Crippen LogP contribution is -2.33. The first kappa shape index (κ1) is 21.0. The number of benzene rings is 3. The Kier molecular flexibility index (Phi) is 6.36. The van der Waals surface area contributed by atoms with E-state index in [1.54, 1.807) is 12.1 Å². The van der Waals surface area contributed by atoms with E-state index in [0.29, 0.717) is 11.8 Å². The maximum absolute atomic E-state index is 12.9. The normalized spacial score (nSPS) is 11.3. The summed E-state index contributed by atoms with van der Waals surface area (Å²) in [6.07, 6.45) is 0.545. The third kappa shape index (κ3) is 4.73. The molecule has 0 bridgehead atoms. The number of ether oxygens (including phenoxy) is 1. The van der Waals surface area contributed by atoms with Crippen molar-refractivity contribution in [3.63, 3.8) is 0 Å². The van der Waals surface area contributed by atoms with E-state index >= 15 is 0 Å². The van der Waals surface area contributed by atoms with E-state index in [1.165, 1.54) is 11.8 Å². The quantitative estimate of drug-likeness (QED) is 0.292. The summed E-state index contributed by atoms with van der Waals surface area (Å²) in [6, 6.07) is 26.4. The molecule has 0 aliphatic heterocycles. The standard InChI is InChI=1S/C25H22N4O3/c1-32-24(19-12-6-3-7-13-19)27-26-23(30)17-29-25(31)21-15-9-8-14-20(21)22(28-29)16-18-10-4-2-5-11-18/h2-15H,16-17H2,1H3,(H,26,30)/b27-24+. The molecule has 4 aromatic rings. The molecule has 0 saturated heterocycles. The van der Waals surface area contributed by atoms with Gasteiger partial charge >= 0.3 is 0 Å². The number of rotatable bonds is 6. The Balaban J connectivity index is 1.61. The van der Waals surface area contributed by atoms with E-state index in [9.17, 15) is 9.59 Å². The summed E-state index contributed by atoms with van der Waals surface area (Å²) in [5, 5.41) is 9.85. The molecule has 1 aromatic heterocycles. The Bertz CT molecular complexity index is 1320. The first-order valence-electron chi connectivity index (χ1n) is 10.1. The third-order valence-electron chi connectivity index (χ3n) is 4.95. The fourth-order valence-corrected chi connectivity index (χ4v) is 3.43. The largest absolute Gasteiger partial charge is 0.480 e. The molecule has 0 fully saturated rings. The highest BCUT2D eigenvalue weighted by atomic mass is 16.5. The van der Waals surface area contributed by atoms with Crippen molar-refractivity contribution in [3.05, 3.63) is 112 Å². The lowest BCUT2D eigenvalue weighted by molar-refractivity contribution is -0.121. The predicted octanol–water partition coefficient (Wildman–Crippen LogP) is 3.11. The molecular formula is C25H22N4O3. The molecule has 0 saturated carbocycles. The van der Waals surface area contributed by atoms with Gasteiger partial charge in [-0.15, -0.1) is 5.10 Å². The number of hydrogen-bond acceptors (Lipinski definition) is 5. The van der Waals surface area contributed by atoms with E-state index < -0.39 is 5.91 Å². The number of hydrogen-bond donors (Lipinski definition) is 1. The number of aromatic nitrogens is 2. The average molecular weight is 426 g/mol. The van der Waals surface area contributed by atoms with Crippen molar-refractivity contribution in [2.24, 2.45) is 5.10 Å². The molecule has 0 aliphatic carbocycles. The summed E-state index contributed by atoms with van der Waals surface area (Å²) in [7, 11) is 1.48. The van der Waals surface area contributed by atoms with Crippen LogP contribution in [0.15, 0.2) is 94.8 Å². The Morgan fingerprint density at radius 3 is 2.25 bits per heavy atom. The van der Waals surface area contributed by atoms with Gasteiger partial charge < -0.3 is 4.74 Å². The van der Waals surface area contributed by atoms with Crippen LogP contribution in [0.3, 0.4) is 0 Å². The van der Waals surface area contributed by atoms with E-state index in [2.05, 4.69) is 15.6 Å². The maximum Gasteiger partial charge on any atom is 0.275 e. The molecular weight excluding hydrogens is 404 g/mol. The number of nitrogens with zero attached hydrogens (tertiary/aromatic N) is 3. The Labute approximate surface area is 185 Å². The zero-order chi connectivity index (χ0) is 22.3. The molecule has 0 unspecified atom stereocenters. The van der Waals surface area contributed by atoms with Crippen LogP contribution in [-0.2, 0) is 22.5 Å². The Morgan fingerprint density at radius 2 is 1.56 bits per heavy atom. The Hall–Kier alpha value is -4.26. The first-order chi connectivity index (χ1) is 15.7. The zero-order valence-electron chi connectivity index (χ0n) is 17.6. The third-order valence-corrected chi connectivity index (χ3v) is 4.95. The van der Waals surface area contributed by atoms with Crippen molar-refractivity contribution in [2.75, 3.05) is 7.11 Å². The van der Waals surface area contributed by atoms with Crippen LogP contribution in [0, 0.1) is 0 Å². The smallest absolute Gasteiger partial charge is 0.275 e. The summed E-state index contributed by atoms with van der Waals surface area (Å²) < 4.78 is 6.44. The molecule has 1 heterocycles. The Morgan fingerprint density at radius 1 is 0.938 bits per heavy atom. The highest BCUT2D eigenvalue weighted by Crippen LogP contribution is 2.16. The minimum atomic E-state index is -0.481. The van der Waals surface area contributed by atoms with Gasteiger partial charge in [-0.1, -0.05) is 66.7 Å². The molecule has 32 heavy (non-hydrogen) atoms. The molecule has 1 amide bonds. The highest BCUT2D eigenvalue weighted by Gasteiger charge is 2.13. The lowest BCUT2D eigenvalue weighted by atomic mass is 10.0. The summed E-state index contributed by atoms with van der Waals surface area (Å²) >= 11 is 0. The van der Waals surface area contributed by atoms with Gasteiger partial charge in [-0.2, -0.15) is 5.10 Å². The summed E-state index contributed by atoms with van der Waals surface area (Å²) in [6.45, 7) is -0.263. The van der Waals surface area contributed by atoms with Gasteiger partial charge in [0.1, 0.15) is 6.54 Å². The van der Waals surface area contributed by atoms with Crippen molar-refractivity contribution < 1.29 is 9.53 Å². The van der Waals surface area contributed by atoms with E-state index in [4.69, 9.17) is 4.74 Å². The van der Waals surface area contributed by atoms with E-state index in [-0.39, 0.29) is 18.0 Å². The second-order valence-electron chi connectivity index (χ2n) is 7.14. The van der Waals surface area contributed by atoms with Crippen LogP contribution < -0.4 is 11.0 Å². The number of hydrazone groups is 1. The second-order valence-corrected chi connectivity index (χ2v) is 7.14. The monoisotopic (exact) mass is 426 g/mol. The molecule has 1 N–H and O–H groups in total. The van der Waals surface area contributed by atoms with Crippen molar-refractivity contribution >= 4 is 22.6 Å². The first-order valence-corrected chi connectivity index (χ1v) is 10.1. The van der Waals surface area contributed by atoms with Gasteiger partial charge in [-0.05, 0) is 23.8 Å². The molecule has 0 radical (unpaired) electrons. The number of amides is 1. The fourth-order valence-electron chi connectivity index (χ4n) is 3.43. The fraction of sp³-hybridized carbons (Fsp3) is 0.120. The van der Waals surface area contributed by atoms with Gasteiger partial charge in [-0.25, -0.2) is 10.1 Å². The van der Waals surface area contributed by atoms with Crippen LogP contribution in [0.5, 0.6) is 0 Å². The average Bonchev–Trinajstić information content (AvgIpc) is 2.84. The second kappa shape index (κ2) is 9.70. The van der Waals surface area contributed by atoms with Crippen LogP contribution in [0.4, 0.5) is 0 Å². The van der Waals surface area contributed by atoms with Crippen molar-refractivity contribution in [3.8, 4) is 0 Å². The van der Waals surface area contributed by atoms with Crippen LogP contribution in [0.1, 0.15) is 16.8 Å².